The van der Waals surface area contributed by atoms with Gasteiger partial charge in [0, 0.05) is 13.1 Å². The van der Waals surface area contributed by atoms with Crippen LogP contribution in [0, 0.1) is 0 Å². The van der Waals surface area contributed by atoms with Crippen molar-refractivity contribution in [1.82, 2.24) is 15.5 Å². The summed E-state index contributed by atoms with van der Waals surface area (Å²) in [4.78, 5) is 12.1. The molecule has 0 saturated heterocycles. The molecule has 0 fully saturated rings. The van der Waals surface area contributed by atoms with Gasteiger partial charge in [0.1, 0.15) is 11.6 Å². The van der Waals surface area contributed by atoms with E-state index in [2.05, 4.69) is 20.8 Å². The second-order valence-electron chi connectivity index (χ2n) is 6.00. The van der Waals surface area contributed by atoms with E-state index in [1.165, 1.54) is 5.56 Å². The molecule has 27 heavy (non-hydrogen) atoms. The third-order valence-electron chi connectivity index (χ3n) is 4.07. The zero-order valence-corrected chi connectivity index (χ0v) is 15.2. The fourth-order valence-electron chi connectivity index (χ4n) is 2.54. The Morgan fingerprint density at radius 3 is 2.37 bits per heavy atom. The summed E-state index contributed by atoms with van der Waals surface area (Å²) in [6, 6.07) is 21.2. The van der Waals surface area contributed by atoms with E-state index in [-0.39, 0.29) is 5.91 Å². The molecule has 0 saturated carbocycles. The maximum Gasteiger partial charge on any atom is 0.271 e. The molecule has 0 aliphatic carbocycles. The van der Waals surface area contributed by atoms with Crippen LogP contribution in [0.15, 0.2) is 66.7 Å². The summed E-state index contributed by atoms with van der Waals surface area (Å²) >= 11 is 0. The van der Waals surface area contributed by atoms with Crippen LogP contribution >= 0.6 is 0 Å². The molecule has 0 aliphatic rings. The molecule has 0 radical (unpaired) electrons. The van der Waals surface area contributed by atoms with E-state index in [9.17, 15) is 4.79 Å². The predicted octanol–water partition coefficient (Wildman–Crippen LogP) is 3.07. The molecule has 0 unspecified atom stereocenters. The van der Waals surface area contributed by atoms with E-state index in [0.29, 0.717) is 24.6 Å². The number of methoxy groups -OCH3 is 1. The van der Waals surface area contributed by atoms with Crippen LogP contribution < -0.4 is 15.4 Å². The van der Waals surface area contributed by atoms with Gasteiger partial charge in [-0.15, -0.1) is 10.2 Å². The maximum absolute atomic E-state index is 12.1. The zero-order chi connectivity index (χ0) is 18.9. The molecule has 0 aliphatic heterocycles. The SMILES string of the molecule is COc1ccc(CNc2ccc(C(=O)NCCc3ccccc3)nn2)cc1. The minimum atomic E-state index is -0.222. The third-order valence-corrected chi connectivity index (χ3v) is 4.07. The van der Waals surface area contributed by atoms with Crippen LogP contribution in [0.2, 0.25) is 0 Å². The number of ether oxygens (including phenoxy) is 1. The first kappa shape index (κ1) is 18.4. The van der Waals surface area contributed by atoms with Gasteiger partial charge in [0.15, 0.2) is 5.69 Å². The maximum atomic E-state index is 12.1. The number of benzene rings is 2. The molecular weight excluding hydrogens is 340 g/mol. The fourth-order valence-corrected chi connectivity index (χ4v) is 2.54. The largest absolute Gasteiger partial charge is 0.497 e. The monoisotopic (exact) mass is 362 g/mol. The number of carbonyl (C=O) groups excluding carboxylic acids is 1. The van der Waals surface area contributed by atoms with Crippen molar-refractivity contribution in [3.05, 3.63) is 83.6 Å². The van der Waals surface area contributed by atoms with Crippen LogP contribution in [0.4, 0.5) is 5.82 Å². The summed E-state index contributed by atoms with van der Waals surface area (Å²) in [5, 5.41) is 14.1. The lowest BCUT2D eigenvalue weighted by atomic mass is 10.1. The Morgan fingerprint density at radius 1 is 0.926 bits per heavy atom. The molecule has 0 bridgehead atoms. The van der Waals surface area contributed by atoms with Crippen LogP contribution in [-0.2, 0) is 13.0 Å². The zero-order valence-electron chi connectivity index (χ0n) is 15.2. The summed E-state index contributed by atoms with van der Waals surface area (Å²) in [6.45, 7) is 1.17. The minimum Gasteiger partial charge on any atom is -0.497 e. The first-order chi connectivity index (χ1) is 13.2. The topological polar surface area (TPSA) is 76.1 Å². The molecule has 0 atom stereocenters. The molecule has 1 heterocycles. The lowest BCUT2D eigenvalue weighted by Crippen LogP contribution is -2.26. The van der Waals surface area contributed by atoms with E-state index in [0.717, 1.165) is 17.7 Å². The normalized spacial score (nSPS) is 10.3. The lowest BCUT2D eigenvalue weighted by Gasteiger charge is -2.07. The first-order valence-electron chi connectivity index (χ1n) is 8.77. The van der Waals surface area contributed by atoms with E-state index < -0.39 is 0 Å². The Balaban J connectivity index is 1.46. The van der Waals surface area contributed by atoms with Gasteiger partial charge in [0.2, 0.25) is 0 Å². The van der Waals surface area contributed by atoms with Crippen molar-refractivity contribution < 1.29 is 9.53 Å². The number of rotatable bonds is 8. The van der Waals surface area contributed by atoms with Crippen LogP contribution in [0.25, 0.3) is 0 Å². The van der Waals surface area contributed by atoms with Crippen molar-refractivity contribution in [3.63, 3.8) is 0 Å². The number of aromatic nitrogens is 2. The van der Waals surface area contributed by atoms with Gasteiger partial charge in [-0.05, 0) is 41.8 Å². The van der Waals surface area contributed by atoms with Gasteiger partial charge in [0.05, 0.1) is 7.11 Å². The molecule has 1 amide bonds. The van der Waals surface area contributed by atoms with Crippen molar-refractivity contribution in [2.75, 3.05) is 19.0 Å². The Labute approximate surface area is 158 Å². The number of amides is 1. The van der Waals surface area contributed by atoms with Crippen LogP contribution in [0.3, 0.4) is 0 Å². The Hall–Kier alpha value is -3.41. The number of anilines is 1. The number of nitrogens with zero attached hydrogens (tertiary/aromatic N) is 2. The molecular formula is C21H22N4O2. The Bertz CT molecular complexity index is 850. The van der Waals surface area contributed by atoms with Crippen LogP contribution in [0.1, 0.15) is 21.6 Å². The van der Waals surface area contributed by atoms with Gasteiger partial charge >= 0.3 is 0 Å². The van der Waals surface area contributed by atoms with E-state index in [1.54, 1.807) is 19.2 Å². The highest BCUT2D eigenvalue weighted by Crippen LogP contribution is 2.12. The average Bonchev–Trinajstić information content (AvgIpc) is 2.73. The fraction of sp³-hybridized carbons (Fsp3) is 0.190. The molecule has 0 spiro atoms. The molecule has 3 rings (SSSR count). The van der Waals surface area contributed by atoms with Crippen molar-refractivity contribution in [1.29, 1.82) is 0 Å². The minimum absolute atomic E-state index is 0.222. The Morgan fingerprint density at radius 2 is 1.70 bits per heavy atom. The molecule has 138 valence electrons. The van der Waals surface area contributed by atoms with Crippen molar-refractivity contribution in [2.45, 2.75) is 13.0 Å². The standard InChI is InChI=1S/C21H22N4O2/c1-27-18-9-7-17(8-10-18)15-23-20-12-11-19(24-25-20)21(26)22-14-13-16-5-3-2-4-6-16/h2-12H,13-15H2,1H3,(H,22,26)(H,23,25). The summed E-state index contributed by atoms with van der Waals surface area (Å²) in [7, 11) is 1.64. The first-order valence-corrected chi connectivity index (χ1v) is 8.77. The highest BCUT2D eigenvalue weighted by atomic mass is 16.5. The highest BCUT2D eigenvalue weighted by molar-refractivity contribution is 5.92. The quantitative estimate of drug-likeness (QED) is 0.644. The molecule has 1 aromatic heterocycles. The molecule has 3 aromatic rings. The number of hydrogen-bond donors (Lipinski definition) is 2. The summed E-state index contributed by atoms with van der Waals surface area (Å²) in [5.41, 5.74) is 2.58. The van der Waals surface area contributed by atoms with Crippen LogP contribution in [-0.4, -0.2) is 29.8 Å². The second-order valence-corrected chi connectivity index (χ2v) is 6.00. The number of carbonyl (C=O) groups is 1. The molecule has 6 heteroatoms. The van der Waals surface area contributed by atoms with Gasteiger partial charge in [-0.25, -0.2) is 0 Å². The molecule has 2 aromatic carbocycles. The van der Waals surface area contributed by atoms with Gasteiger partial charge < -0.3 is 15.4 Å². The van der Waals surface area contributed by atoms with Crippen molar-refractivity contribution in [3.8, 4) is 5.75 Å². The lowest BCUT2D eigenvalue weighted by molar-refractivity contribution is 0.0948. The number of nitrogens with one attached hydrogen (secondary N) is 2. The smallest absolute Gasteiger partial charge is 0.271 e. The van der Waals surface area contributed by atoms with Crippen molar-refractivity contribution >= 4 is 11.7 Å². The molecule has 6 nitrogen and oxygen atoms in total. The van der Waals surface area contributed by atoms with Gasteiger partial charge in [-0.2, -0.15) is 0 Å². The van der Waals surface area contributed by atoms with Gasteiger partial charge in [0.25, 0.3) is 5.91 Å². The third kappa shape index (κ3) is 5.54. The van der Waals surface area contributed by atoms with E-state index in [4.69, 9.17) is 4.74 Å². The predicted molar refractivity (Wildman–Crippen MR) is 105 cm³/mol. The summed E-state index contributed by atoms with van der Waals surface area (Å²) < 4.78 is 5.14. The van der Waals surface area contributed by atoms with E-state index in [1.807, 2.05) is 54.6 Å². The summed E-state index contributed by atoms with van der Waals surface area (Å²) in [6.07, 6.45) is 0.779. The summed E-state index contributed by atoms with van der Waals surface area (Å²) in [5.74, 6) is 1.22. The van der Waals surface area contributed by atoms with Crippen molar-refractivity contribution in [2.24, 2.45) is 0 Å². The van der Waals surface area contributed by atoms with Crippen LogP contribution in [0.5, 0.6) is 5.75 Å². The average molecular weight is 362 g/mol. The number of hydrogen-bond acceptors (Lipinski definition) is 5. The second kappa shape index (κ2) is 9.33. The van der Waals surface area contributed by atoms with Gasteiger partial charge in [-0.3, -0.25) is 4.79 Å². The highest BCUT2D eigenvalue weighted by Gasteiger charge is 2.07. The van der Waals surface area contributed by atoms with E-state index >= 15 is 0 Å². The Kier molecular flexibility index (Phi) is 6.35. The molecule has 2 N–H and O–H groups in total. The van der Waals surface area contributed by atoms with Gasteiger partial charge in [-0.1, -0.05) is 42.5 Å².